The van der Waals surface area contributed by atoms with Crippen LogP contribution in [0.5, 0.6) is 5.75 Å². The predicted octanol–water partition coefficient (Wildman–Crippen LogP) is 3.50. The molecule has 3 aromatic rings. The summed E-state index contributed by atoms with van der Waals surface area (Å²) in [6, 6.07) is 6.19. The number of aromatic nitrogens is 4. The van der Waals surface area contributed by atoms with Crippen molar-refractivity contribution >= 4 is 15.8 Å². The monoisotopic (exact) mass is 467 g/mol. The Kier molecular flexibility index (Phi) is 5.80. The fourth-order valence-electron chi connectivity index (χ4n) is 3.79. The second kappa shape index (κ2) is 8.41. The molecule has 1 aliphatic rings. The third-order valence-corrected chi connectivity index (χ3v) is 6.70. The number of anilines is 1. The lowest BCUT2D eigenvalue weighted by molar-refractivity contribution is -0.0781. The Bertz CT molecular complexity index is 1200. The maximum absolute atomic E-state index is 14.7. The third-order valence-electron chi connectivity index (χ3n) is 5.31. The zero-order valence-electron chi connectivity index (χ0n) is 17.0. The number of alkyl halides is 2. The van der Waals surface area contributed by atoms with Crippen molar-refractivity contribution in [2.24, 2.45) is 7.05 Å². The average molecular weight is 467 g/mol. The van der Waals surface area contributed by atoms with Gasteiger partial charge in [0.05, 0.1) is 0 Å². The molecule has 32 heavy (non-hydrogen) atoms. The Balaban J connectivity index is 1.57. The molecule has 0 amide bonds. The SMILES string of the molecule is Cn1nccc1[C@H]1CCC(F)(F)C[C@@H]1Oc1ccc(S(=O)(=O)Nc2ccncn2)c(F)c1. The molecule has 12 heteroatoms. The van der Waals surface area contributed by atoms with Crippen LogP contribution in [0.15, 0.2) is 53.9 Å². The second-order valence-corrected chi connectivity index (χ2v) is 9.18. The molecule has 4 rings (SSSR count). The summed E-state index contributed by atoms with van der Waals surface area (Å²) in [6.45, 7) is 0. The van der Waals surface area contributed by atoms with E-state index < -0.39 is 39.2 Å². The van der Waals surface area contributed by atoms with Crippen LogP contribution in [-0.2, 0) is 17.1 Å². The van der Waals surface area contributed by atoms with E-state index in [1.807, 2.05) is 0 Å². The van der Waals surface area contributed by atoms with Crippen molar-refractivity contribution in [3.8, 4) is 5.75 Å². The normalized spacial score (nSPS) is 20.6. The molecule has 2 atom stereocenters. The molecule has 0 radical (unpaired) electrons. The molecule has 0 unspecified atom stereocenters. The molecule has 0 saturated heterocycles. The van der Waals surface area contributed by atoms with E-state index in [-0.39, 0.29) is 30.3 Å². The quantitative estimate of drug-likeness (QED) is 0.596. The maximum Gasteiger partial charge on any atom is 0.265 e. The molecule has 2 aromatic heterocycles. The van der Waals surface area contributed by atoms with Crippen molar-refractivity contribution < 1.29 is 26.3 Å². The van der Waals surface area contributed by atoms with Gasteiger partial charge in [0.1, 0.15) is 34.7 Å². The lowest BCUT2D eigenvalue weighted by Crippen LogP contribution is -2.39. The topological polar surface area (TPSA) is 99.0 Å². The summed E-state index contributed by atoms with van der Waals surface area (Å²) in [5.74, 6) is -4.43. The zero-order chi connectivity index (χ0) is 22.9. The molecular weight excluding hydrogens is 447 g/mol. The Labute approximate surface area is 182 Å². The number of hydrogen-bond acceptors (Lipinski definition) is 6. The number of aryl methyl sites for hydroxylation is 1. The summed E-state index contributed by atoms with van der Waals surface area (Å²) >= 11 is 0. The van der Waals surface area contributed by atoms with Crippen LogP contribution >= 0.6 is 0 Å². The van der Waals surface area contributed by atoms with Gasteiger partial charge in [-0.05, 0) is 30.7 Å². The first-order valence-corrected chi connectivity index (χ1v) is 11.2. The van der Waals surface area contributed by atoms with Crippen LogP contribution < -0.4 is 9.46 Å². The molecule has 0 spiro atoms. The highest BCUT2D eigenvalue weighted by atomic mass is 32.2. The van der Waals surface area contributed by atoms with Gasteiger partial charge in [-0.2, -0.15) is 5.10 Å². The van der Waals surface area contributed by atoms with E-state index in [0.717, 1.165) is 24.2 Å². The largest absolute Gasteiger partial charge is 0.489 e. The number of benzene rings is 1. The van der Waals surface area contributed by atoms with Crippen molar-refractivity contribution in [3.05, 3.63) is 60.6 Å². The number of halogens is 3. The Hall–Kier alpha value is -3.15. The summed E-state index contributed by atoms with van der Waals surface area (Å²) in [4.78, 5) is 6.79. The lowest BCUT2D eigenvalue weighted by Gasteiger charge is -2.36. The van der Waals surface area contributed by atoms with E-state index in [9.17, 15) is 21.6 Å². The third kappa shape index (κ3) is 4.69. The van der Waals surface area contributed by atoms with E-state index in [1.54, 1.807) is 24.0 Å². The van der Waals surface area contributed by atoms with Crippen molar-refractivity contribution in [2.45, 2.75) is 42.1 Å². The summed E-state index contributed by atoms with van der Waals surface area (Å²) in [7, 11) is -2.56. The molecule has 1 saturated carbocycles. The van der Waals surface area contributed by atoms with Crippen molar-refractivity contribution in [1.82, 2.24) is 19.7 Å². The number of nitrogens with zero attached hydrogens (tertiary/aromatic N) is 4. The van der Waals surface area contributed by atoms with Crippen LogP contribution in [0.2, 0.25) is 0 Å². The van der Waals surface area contributed by atoms with E-state index in [4.69, 9.17) is 4.74 Å². The molecule has 1 fully saturated rings. The van der Waals surface area contributed by atoms with Gasteiger partial charge in [0.15, 0.2) is 0 Å². The average Bonchev–Trinajstić information content (AvgIpc) is 3.13. The van der Waals surface area contributed by atoms with E-state index in [0.29, 0.717) is 0 Å². The minimum atomic E-state index is -4.27. The molecule has 8 nitrogen and oxygen atoms in total. The van der Waals surface area contributed by atoms with Gasteiger partial charge in [0.2, 0.25) is 0 Å². The highest BCUT2D eigenvalue weighted by Crippen LogP contribution is 2.43. The fourth-order valence-corrected chi connectivity index (χ4v) is 4.86. The molecule has 0 bridgehead atoms. The van der Waals surface area contributed by atoms with Crippen LogP contribution in [0.1, 0.15) is 30.9 Å². The van der Waals surface area contributed by atoms with Gasteiger partial charge >= 0.3 is 0 Å². The summed E-state index contributed by atoms with van der Waals surface area (Å²) in [6.07, 6.45) is 2.46. The minimum Gasteiger partial charge on any atom is -0.489 e. The highest BCUT2D eigenvalue weighted by Gasteiger charge is 2.44. The van der Waals surface area contributed by atoms with E-state index in [2.05, 4.69) is 19.8 Å². The number of hydrogen-bond donors (Lipinski definition) is 1. The standard InChI is InChI=1S/C20H20F3N5O3S/c1-28-16(5-9-26-28)14-4-7-20(22,23)11-17(14)31-13-2-3-18(15(21)10-13)32(29,30)27-19-6-8-24-12-25-19/h2-3,5-6,8-10,12,14,17H,4,7,11H2,1H3,(H,24,25,27)/t14-,17+/m1/s1. The summed E-state index contributed by atoms with van der Waals surface area (Å²) in [5, 5.41) is 4.09. The number of sulfonamides is 1. The smallest absolute Gasteiger partial charge is 0.265 e. The fraction of sp³-hybridized carbons (Fsp3) is 0.350. The van der Waals surface area contributed by atoms with Crippen molar-refractivity contribution in [3.63, 3.8) is 0 Å². The molecule has 2 heterocycles. The summed E-state index contributed by atoms with van der Waals surface area (Å²) < 4.78 is 77.4. The summed E-state index contributed by atoms with van der Waals surface area (Å²) in [5.41, 5.74) is 0.735. The zero-order valence-corrected chi connectivity index (χ0v) is 17.8. The van der Waals surface area contributed by atoms with Crippen LogP contribution in [0.4, 0.5) is 19.0 Å². The molecule has 1 N–H and O–H groups in total. The van der Waals surface area contributed by atoms with Gasteiger partial charge in [-0.3, -0.25) is 9.40 Å². The Morgan fingerprint density at radius 3 is 2.69 bits per heavy atom. The number of rotatable bonds is 6. The molecule has 170 valence electrons. The van der Waals surface area contributed by atoms with Crippen molar-refractivity contribution in [2.75, 3.05) is 4.72 Å². The van der Waals surface area contributed by atoms with Crippen LogP contribution in [0.3, 0.4) is 0 Å². The predicted molar refractivity (Wildman–Crippen MR) is 108 cm³/mol. The Morgan fingerprint density at radius 1 is 1.22 bits per heavy atom. The van der Waals surface area contributed by atoms with Crippen LogP contribution in [-0.4, -0.2) is 40.2 Å². The van der Waals surface area contributed by atoms with Crippen LogP contribution in [0, 0.1) is 5.82 Å². The van der Waals surface area contributed by atoms with Gasteiger partial charge in [-0.1, -0.05) is 0 Å². The first-order chi connectivity index (χ1) is 15.1. The molecule has 0 aliphatic heterocycles. The highest BCUT2D eigenvalue weighted by molar-refractivity contribution is 7.92. The molecule has 1 aliphatic carbocycles. The first kappa shape index (κ1) is 22.1. The first-order valence-electron chi connectivity index (χ1n) is 9.75. The van der Waals surface area contributed by atoms with Gasteiger partial charge in [0, 0.05) is 50.0 Å². The maximum atomic E-state index is 14.7. The number of nitrogens with one attached hydrogen (secondary N) is 1. The van der Waals surface area contributed by atoms with Gasteiger partial charge < -0.3 is 4.74 Å². The minimum absolute atomic E-state index is 0.0248. The van der Waals surface area contributed by atoms with E-state index in [1.165, 1.54) is 18.3 Å². The van der Waals surface area contributed by atoms with Gasteiger partial charge in [-0.15, -0.1) is 0 Å². The number of ether oxygens (including phenoxy) is 1. The van der Waals surface area contributed by atoms with Crippen LogP contribution in [0.25, 0.3) is 0 Å². The van der Waals surface area contributed by atoms with E-state index >= 15 is 0 Å². The van der Waals surface area contributed by atoms with Gasteiger partial charge in [-0.25, -0.2) is 31.6 Å². The molecule has 1 aromatic carbocycles. The second-order valence-electron chi connectivity index (χ2n) is 7.53. The lowest BCUT2D eigenvalue weighted by atomic mass is 9.82. The van der Waals surface area contributed by atoms with Gasteiger partial charge in [0.25, 0.3) is 15.9 Å². The Morgan fingerprint density at radius 2 is 2.03 bits per heavy atom. The molecular formula is C20H20F3N5O3S. The van der Waals surface area contributed by atoms with Crippen molar-refractivity contribution in [1.29, 1.82) is 0 Å².